The molecule has 2 aromatic rings. The molecule has 0 amide bonds. The van der Waals surface area contributed by atoms with Crippen LogP contribution in [0.1, 0.15) is 25.1 Å². The van der Waals surface area contributed by atoms with Gasteiger partial charge in [0.1, 0.15) is 0 Å². The lowest BCUT2D eigenvalue weighted by atomic mass is 9.89. The van der Waals surface area contributed by atoms with Crippen LogP contribution >= 0.6 is 0 Å². The molecule has 4 heteroatoms. The second-order valence-electron chi connectivity index (χ2n) is 5.24. The molecule has 0 atom stereocenters. The van der Waals surface area contributed by atoms with E-state index in [1.807, 2.05) is 18.3 Å². The molecule has 4 nitrogen and oxygen atoms in total. The van der Waals surface area contributed by atoms with Crippen LogP contribution in [0.3, 0.4) is 0 Å². The van der Waals surface area contributed by atoms with E-state index >= 15 is 0 Å². The number of aromatic amines is 1. The first kappa shape index (κ1) is 13.0. The van der Waals surface area contributed by atoms with Gasteiger partial charge in [-0.05, 0) is 30.3 Å². The number of aromatic nitrogens is 1. The largest absolute Gasteiger partial charge is 0.397 e. The zero-order valence-corrected chi connectivity index (χ0v) is 11.2. The molecule has 0 saturated heterocycles. The van der Waals surface area contributed by atoms with Crippen molar-refractivity contribution in [3.63, 3.8) is 0 Å². The Morgan fingerprint density at radius 3 is 2.74 bits per heavy atom. The maximum atomic E-state index is 8.81. The lowest BCUT2D eigenvalue weighted by Gasteiger charge is -2.25. The first-order valence-electron chi connectivity index (χ1n) is 6.20. The molecule has 0 fully saturated rings. The second kappa shape index (κ2) is 5.07. The quantitative estimate of drug-likeness (QED) is 0.734. The van der Waals surface area contributed by atoms with Gasteiger partial charge in [0.2, 0.25) is 0 Å². The number of nitrogens with two attached hydrogens (primary N) is 1. The normalized spacial score (nSPS) is 11.0. The van der Waals surface area contributed by atoms with Gasteiger partial charge in [0.05, 0.1) is 23.0 Å². The van der Waals surface area contributed by atoms with E-state index in [0.29, 0.717) is 11.3 Å². The predicted molar refractivity (Wildman–Crippen MR) is 77.9 cm³/mol. The summed E-state index contributed by atoms with van der Waals surface area (Å²) in [5.74, 6) is 0. The molecular weight excluding hydrogens is 236 g/mol. The summed E-state index contributed by atoms with van der Waals surface area (Å²) in [7, 11) is 0. The molecule has 0 radical (unpaired) electrons. The van der Waals surface area contributed by atoms with E-state index in [1.54, 1.807) is 12.1 Å². The summed E-state index contributed by atoms with van der Waals surface area (Å²) in [5.41, 5.74) is 9.11. The van der Waals surface area contributed by atoms with Crippen LogP contribution in [-0.4, -0.2) is 11.5 Å². The summed E-state index contributed by atoms with van der Waals surface area (Å²) in [6.45, 7) is 5.07. The second-order valence-corrected chi connectivity index (χ2v) is 5.24. The van der Waals surface area contributed by atoms with Gasteiger partial charge in [-0.3, -0.25) is 0 Å². The third kappa shape index (κ3) is 2.89. The highest BCUT2D eigenvalue weighted by molar-refractivity contribution is 5.68. The molecule has 19 heavy (non-hydrogen) atoms. The van der Waals surface area contributed by atoms with Crippen LogP contribution in [0.2, 0.25) is 0 Å². The van der Waals surface area contributed by atoms with Gasteiger partial charge < -0.3 is 16.0 Å². The summed E-state index contributed by atoms with van der Waals surface area (Å²) in [6, 6.07) is 11.4. The minimum atomic E-state index is -0.0240. The molecule has 1 aromatic heterocycles. The van der Waals surface area contributed by atoms with E-state index in [1.165, 1.54) is 5.69 Å². The molecule has 1 aromatic carbocycles. The number of nitrogens with one attached hydrogen (secondary N) is 2. The Kier molecular flexibility index (Phi) is 3.48. The van der Waals surface area contributed by atoms with E-state index in [2.05, 4.69) is 36.3 Å². The first-order valence-corrected chi connectivity index (χ1v) is 6.20. The van der Waals surface area contributed by atoms with Crippen LogP contribution in [-0.2, 0) is 5.41 Å². The maximum Gasteiger partial charge on any atom is 0.0992 e. The first-order chi connectivity index (χ1) is 9.03. The Hall–Kier alpha value is -2.41. The van der Waals surface area contributed by atoms with Crippen LogP contribution in [0, 0.1) is 11.3 Å². The number of hydrogen-bond acceptors (Lipinski definition) is 3. The third-order valence-corrected chi connectivity index (χ3v) is 3.23. The molecule has 0 spiro atoms. The van der Waals surface area contributed by atoms with Crippen LogP contribution < -0.4 is 11.1 Å². The van der Waals surface area contributed by atoms with Crippen molar-refractivity contribution in [3.05, 3.63) is 47.8 Å². The van der Waals surface area contributed by atoms with Gasteiger partial charge in [-0.2, -0.15) is 5.26 Å². The molecule has 98 valence electrons. The Labute approximate surface area is 113 Å². The van der Waals surface area contributed by atoms with Crippen molar-refractivity contribution in [2.75, 3.05) is 17.6 Å². The fourth-order valence-electron chi connectivity index (χ4n) is 1.96. The molecule has 0 saturated carbocycles. The monoisotopic (exact) mass is 254 g/mol. The Morgan fingerprint density at radius 2 is 2.16 bits per heavy atom. The zero-order valence-electron chi connectivity index (χ0n) is 11.2. The smallest absolute Gasteiger partial charge is 0.0992 e. The number of nitrogens with zero attached hydrogens (tertiary/aromatic N) is 1. The van der Waals surface area contributed by atoms with Crippen LogP contribution in [0.15, 0.2) is 36.5 Å². The minimum absolute atomic E-state index is 0.0240. The zero-order chi connectivity index (χ0) is 13.9. The highest BCUT2D eigenvalue weighted by Crippen LogP contribution is 2.25. The van der Waals surface area contributed by atoms with E-state index in [0.717, 1.165) is 12.2 Å². The predicted octanol–water partition coefficient (Wildman–Crippen LogP) is 2.86. The maximum absolute atomic E-state index is 8.81. The van der Waals surface area contributed by atoms with Gasteiger partial charge in [0, 0.05) is 23.9 Å². The minimum Gasteiger partial charge on any atom is -0.397 e. The van der Waals surface area contributed by atoms with Crippen molar-refractivity contribution in [2.24, 2.45) is 0 Å². The number of benzene rings is 1. The molecular formula is C15H18N4. The number of rotatable bonds is 4. The van der Waals surface area contributed by atoms with Crippen LogP contribution in [0.25, 0.3) is 0 Å². The molecule has 1 heterocycles. The SMILES string of the molecule is CC(C)(CNc1ccc(C#N)cc1N)c1ccc[nH]1. The lowest BCUT2D eigenvalue weighted by molar-refractivity contribution is 0.542. The fraction of sp³-hybridized carbons (Fsp3) is 0.267. The van der Waals surface area contributed by atoms with Crippen molar-refractivity contribution in [2.45, 2.75) is 19.3 Å². The van der Waals surface area contributed by atoms with E-state index in [9.17, 15) is 0 Å². The Balaban J connectivity index is 2.09. The van der Waals surface area contributed by atoms with E-state index in [4.69, 9.17) is 11.0 Å². The standard InChI is InChI=1S/C15H18N4/c1-15(2,14-4-3-7-18-14)10-19-13-6-5-11(9-16)8-12(13)17/h3-8,18-19H,10,17H2,1-2H3. The number of anilines is 2. The van der Waals surface area contributed by atoms with Gasteiger partial charge in [0.25, 0.3) is 0 Å². The third-order valence-electron chi connectivity index (χ3n) is 3.23. The summed E-state index contributed by atoms with van der Waals surface area (Å²) in [5, 5.41) is 12.1. The Morgan fingerprint density at radius 1 is 1.37 bits per heavy atom. The molecule has 4 N–H and O–H groups in total. The fourth-order valence-corrected chi connectivity index (χ4v) is 1.96. The average Bonchev–Trinajstić information content (AvgIpc) is 2.92. The number of H-pyrrole nitrogens is 1. The van der Waals surface area contributed by atoms with Gasteiger partial charge in [0.15, 0.2) is 0 Å². The van der Waals surface area contributed by atoms with Gasteiger partial charge in [-0.25, -0.2) is 0 Å². The van der Waals surface area contributed by atoms with Crippen molar-refractivity contribution in [1.82, 2.24) is 4.98 Å². The lowest BCUT2D eigenvalue weighted by Crippen LogP contribution is -2.28. The average molecular weight is 254 g/mol. The van der Waals surface area contributed by atoms with Crippen molar-refractivity contribution >= 4 is 11.4 Å². The van der Waals surface area contributed by atoms with E-state index < -0.39 is 0 Å². The molecule has 2 rings (SSSR count). The topological polar surface area (TPSA) is 77.6 Å². The highest BCUT2D eigenvalue weighted by Gasteiger charge is 2.21. The number of nitriles is 1. The molecule has 0 aliphatic heterocycles. The highest BCUT2D eigenvalue weighted by atomic mass is 14.9. The summed E-state index contributed by atoms with van der Waals surface area (Å²) >= 11 is 0. The van der Waals surface area contributed by atoms with Crippen molar-refractivity contribution in [1.29, 1.82) is 5.26 Å². The molecule has 0 bridgehead atoms. The molecule has 0 unspecified atom stereocenters. The summed E-state index contributed by atoms with van der Waals surface area (Å²) < 4.78 is 0. The van der Waals surface area contributed by atoms with Gasteiger partial charge in [-0.15, -0.1) is 0 Å². The van der Waals surface area contributed by atoms with Crippen LogP contribution in [0.4, 0.5) is 11.4 Å². The molecule has 0 aliphatic carbocycles. The summed E-state index contributed by atoms with van der Waals surface area (Å²) in [6.07, 6.45) is 1.92. The van der Waals surface area contributed by atoms with Crippen molar-refractivity contribution in [3.8, 4) is 6.07 Å². The number of hydrogen-bond donors (Lipinski definition) is 3. The van der Waals surface area contributed by atoms with Gasteiger partial charge >= 0.3 is 0 Å². The van der Waals surface area contributed by atoms with E-state index in [-0.39, 0.29) is 5.41 Å². The summed E-state index contributed by atoms with van der Waals surface area (Å²) in [4.78, 5) is 3.23. The molecule has 0 aliphatic rings. The van der Waals surface area contributed by atoms with Crippen molar-refractivity contribution < 1.29 is 0 Å². The van der Waals surface area contributed by atoms with Crippen LogP contribution in [0.5, 0.6) is 0 Å². The Bertz CT molecular complexity index is 591. The number of nitrogen functional groups attached to an aromatic ring is 1. The van der Waals surface area contributed by atoms with Gasteiger partial charge in [-0.1, -0.05) is 13.8 Å².